The Morgan fingerprint density at radius 3 is 2.71 bits per heavy atom. The van der Waals surface area contributed by atoms with Gasteiger partial charge in [0.05, 0.1) is 3.57 Å². The number of ether oxygens (including phenoxy) is 1. The molecule has 0 aromatic heterocycles. The van der Waals surface area contributed by atoms with Gasteiger partial charge in [-0.1, -0.05) is 37.1 Å². The van der Waals surface area contributed by atoms with Crippen molar-refractivity contribution in [3.05, 3.63) is 68.6 Å². The van der Waals surface area contributed by atoms with Crippen LogP contribution in [0.4, 0.5) is 4.39 Å². The molecule has 28 heavy (non-hydrogen) atoms. The second-order valence-corrected chi connectivity index (χ2v) is 7.86. The molecule has 2 aromatic rings. The maximum absolute atomic E-state index is 13.7. The molecule has 0 unspecified atom stereocenters. The number of benzene rings is 2. The lowest BCUT2D eigenvalue weighted by Gasteiger charge is -2.11. The number of halogens is 2. The fourth-order valence-electron chi connectivity index (χ4n) is 3.14. The Morgan fingerprint density at radius 2 is 2.04 bits per heavy atom. The molecule has 1 N–H and O–H groups in total. The highest BCUT2D eigenvalue weighted by Crippen LogP contribution is 2.25. The van der Waals surface area contributed by atoms with E-state index in [9.17, 15) is 14.4 Å². The van der Waals surface area contributed by atoms with Crippen molar-refractivity contribution in [3.8, 4) is 11.8 Å². The van der Waals surface area contributed by atoms with Crippen molar-refractivity contribution in [2.75, 3.05) is 0 Å². The third kappa shape index (κ3) is 5.32. The van der Waals surface area contributed by atoms with E-state index in [4.69, 9.17) is 4.74 Å². The number of hydrogen-bond donors (Lipinski definition) is 1. The van der Waals surface area contributed by atoms with E-state index in [0.29, 0.717) is 11.3 Å². The second-order valence-electron chi connectivity index (χ2n) is 6.69. The van der Waals surface area contributed by atoms with E-state index in [0.717, 1.165) is 34.8 Å². The molecule has 1 aliphatic rings. The molecule has 2 aromatic carbocycles. The van der Waals surface area contributed by atoms with Crippen LogP contribution in [0.3, 0.4) is 0 Å². The zero-order valence-electron chi connectivity index (χ0n) is 15.3. The van der Waals surface area contributed by atoms with Gasteiger partial charge in [0, 0.05) is 11.6 Å². The normalized spacial score (nSPS) is 14.5. The zero-order chi connectivity index (χ0) is 19.9. The van der Waals surface area contributed by atoms with Gasteiger partial charge in [0.25, 0.3) is 5.91 Å². The molecular formula is C22H20FIN2O2. The Balaban J connectivity index is 1.68. The lowest BCUT2D eigenvalue weighted by atomic mass is 10.1. The molecule has 0 aliphatic heterocycles. The van der Waals surface area contributed by atoms with Crippen molar-refractivity contribution in [2.45, 2.75) is 38.3 Å². The van der Waals surface area contributed by atoms with Gasteiger partial charge in [-0.15, -0.1) is 0 Å². The average molecular weight is 490 g/mol. The lowest BCUT2D eigenvalue weighted by Crippen LogP contribution is -2.33. The number of amides is 1. The summed E-state index contributed by atoms with van der Waals surface area (Å²) in [6, 6.07) is 14.0. The summed E-state index contributed by atoms with van der Waals surface area (Å²) in [5.41, 5.74) is 1.31. The third-order valence-electron chi connectivity index (χ3n) is 4.66. The summed E-state index contributed by atoms with van der Waals surface area (Å²) in [5, 5.41) is 12.3. The van der Waals surface area contributed by atoms with Crippen molar-refractivity contribution in [1.82, 2.24) is 5.32 Å². The SMILES string of the molecule is N#C/C(=C/c1ccc(OCc2ccccc2F)c(I)c1)C(=O)NC1CCCC1. The lowest BCUT2D eigenvalue weighted by molar-refractivity contribution is -0.117. The van der Waals surface area contributed by atoms with Crippen LogP contribution >= 0.6 is 22.6 Å². The number of hydrogen-bond acceptors (Lipinski definition) is 3. The number of nitrogens with zero attached hydrogens (tertiary/aromatic N) is 1. The molecule has 0 saturated heterocycles. The highest BCUT2D eigenvalue weighted by Gasteiger charge is 2.19. The van der Waals surface area contributed by atoms with Crippen LogP contribution in [-0.4, -0.2) is 11.9 Å². The van der Waals surface area contributed by atoms with Gasteiger partial charge in [-0.05, 0) is 65.3 Å². The van der Waals surface area contributed by atoms with E-state index < -0.39 is 0 Å². The summed E-state index contributed by atoms with van der Waals surface area (Å²) in [6.45, 7) is 0.130. The van der Waals surface area contributed by atoms with E-state index in [1.54, 1.807) is 36.4 Å². The summed E-state index contributed by atoms with van der Waals surface area (Å²) < 4.78 is 20.2. The Morgan fingerprint density at radius 1 is 1.29 bits per heavy atom. The number of carbonyl (C=O) groups is 1. The van der Waals surface area contributed by atoms with Gasteiger partial charge in [-0.2, -0.15) is 5.26 Å². The minimum atomic E-state index is -0.329. The van der Waals surface area contributed by atoms with Crippen molar-refractivity contribution in [1.29, 1.82) is 5.26 Å². The summed E-state index contributed by atoms with van der Waals surface area (Å²) in [4.78, 5) is 12.3. The smallest absolute Gasteiger partial charge is 0.262 e. The first kappa shape index (κ1) is 20.3. The predicted octanol–water partition coefficient (Wildman–Crippen LogP) is 4.98. The molecule has 1 saturated carbocycles. The summed E-state index contributed by atoms with van der Waals surface area (Å²) in [7, 11) is 0. The van der Waals surface area contributed by atoms with Gasteiger partial charge in [0.15, 0.2) is 0 Å². The molecule has 144 valence electrons. The minimum absolute atomic E-state index is 0.0859. The first-order valence-electron chi connectivity index (χ1n) is 9.15. The van der Waals surface area contributed by atoms with Crippen LogP contribution in [0.15, 0.2) is 48.0 Å². The van der Waals surface area contributed by atoms with Crippen LogP contribution < -0.4 is 10.1 Å². The van der Waals surface area contributed by atoms with Crippen molar-refractivity contribution in [2.24, 2.45) is 0 Å². The monoisotopic (exact) mass is 490 g/mol. The molecule has 0 heterocycles. The van der Waals surface area contributed by atoms with Crippen molar-refractivity contribution < 1.29 is 13.9 Å². The van der Waals surface area contributed by atoms with E-state index in [1.807, 2.05) is 12.1 Å². The highest BCUT2D eigenvalue weighted by atomic mass is 127. The molecule has 0 spiro atoms. The largest absolute Gasteiger partial charge is 0.488 e. The molecule has 1 amide bonds. The van der Waals surface area contributed by atoms with Gasteiger partial charge in [-0.3, -0.25) is 4.79 Å². The Labute approximate surface area is 177 Å². The Kier molecular flexibility index (Phi) is 7.04. The highest BCUT2D eigenvalue weighted by molar-refractivity contribution is 14.1. The summed E-state index contributed by atoms with van der Waals surface area (Å²) >= 11 is 2.12. The molecule has 6 heteroatoms. The van der Waals surface area contributed by atoms with Crippen molar-refractivity contribution >= 4 is 34.6 Å². The van der Waals surface area contributed by atoms with Gasteiger partial charge < -0.3 is 10.1 Å². The number of rotatable bonds is 6. The van der Waals surface area contributed by atoms with Crippen LogP contribution in [0.5, 0.6) is 5.75 Å². The first-order chi connectivity index (χ1) is 13.6. The van der Waals surface area contributed by atoms with Crippen LogP contribution in [0.2, 0.25) is 0 Å². The number of nitrogens with one attached hydrogen (secondary N) is 1. The molecule has 0 atom stereocenters. The van der Waals surface area contributed by atoms with E-state index >= 15 is 0 Å². The molecule has 1 fully saturated rings. The van der Waals surface area contributed by atoms with Crippen LogP contribution in [0.25, 0.3) is 6.08 Å². The van der Waals surface area contributed by atoms with Crippen LogP contribution in [0.1, 0.15) is 36.8 Å². The van der Waals surface area contributed by atoms with Gasteiger partial charge in [-0.25, -0.2) is 4.39 Å². The Hall–Kier alpha value is -2.40. The van der Waals surface area contributed by atoms with Gasteiger partial charge >= 0.3 is 0 Å². The number of carbonyl (C=O) groups excluding carboxylic acids is 1. The minimum Gasteiger partial charge on any atom is -0.488 e. The second kappa shape index (κ2) is 9.69. The van der Waals surface area contributed by atoms with E-state index in [1.165, 1.54) is 6.07 Å². The molecule has 0 radical (unpaired) electrons. The van der Waals surface area contributed by atoms with Crippen LogP contribution in [-0.2, 0) is 11.4 Å². The molecule has 4 nitrogen and oxygen atoms in total. The quantitative estimate of drug-likeness (QED) is 0.353. The summed E-state index contributed by atoms with van der Waals surface area (Å²) in [5.74, 6) is -0.0109. The predicted molar refractivity (Wildman–Crippen MR) is 114 cm³/mol. The molecule has 0 bridgehead atoms. The first-order valence-corrected chi connectivity index (χ1v) is 10.2. The van der Waals surface area contributed by atoms with Gasteiger partial charge in [0.2, 0.25) is 0 Å². The van der Waals surface area contributed by atoms with Gasteiger partial charge in [0.1, 0.15) is 29.8 Å². The number of nitriles is 1. The zero-order valence-corrected chi connectivity index (χ0v) is 17.4. The van der Waals surface area contributed by atoms with Crippen molar-refractivity contribution in [3.63, 3.8) is 0 Å². The maximum Gasteiger partial charge on any atom is 0.262 e. The third-order valence-corrected chi connectivity index (χ3v) is 5.51. The molecular weight excluding hydrogens is 470 g/mol. The Bertz CT molecular complexity index is 930. The van der Waals surface area contributed by atoms with E-state index in [2.05, 4.69) is 27.9 Å². The fraction of sp³-hybridized carbons (Fsp3) is 0.273. The topological polar surface area (TPSA) is 62.1 Å². The van der Waals surface area contributed by atoms with E-state index in [-0.39, 0.29) is 29.9 Å². The standard InChI is InChI=1S/C22H20FIN2O2/c23-19-8-4-1-5-16(19)14-28-21-10-9-15(12-20(21)24)11-17(13-25)22(27)26-18-6-2-3-7-18/h1,4-5,8-12,18H,2-3,6-7,14H2,(H,26,27)/b17-11-. The molecule has 1 aliphatic carbocycles. The maximum atomic E-state index is 13.7. The summed E-state index contributed by atoms with van der Waals surface area (Å²) in [6.07, 6.45) is 5.74. The van der Waals surface area contributed by atoms with Crippen LogP contribution in [0, 0.1) is 20.7 Å². The average Bonchev–Trinajstić information content (AvgIpc) is 3.19. The fourth-order valence-corrected chi connectivity index (χ4v) is 3.84. The molecule has 3 rings (SSSR count).